The summed E-state index contributed by atoms with van der Waals surface area (Å²) in [5, 5.41) is 12.6. The number of aromatic nitrogens is 1. The van der Waals surface area contributed by atoms with Crippen molar-refractivity contribution in [3.8, 4) is 0 Å². The van der Waals surface area contributed by atoms with Gasteiger partial charge in [-0.25, -0.2) is 0 Å². The molecule has 0 unspecified atom stereocenters. The van der Waals surface area contributed by atoms with Crippen molar-refractivity contribution in [2.75, 3.05) is 0 Å². The first-order valence-corrected chi connectivity index (χ1v) is 4.87. The Bertz CT molecular complexity index is 470. The molecule has 0 spiro atoms. The van der Waals surface area contributed by atoms with Crippen LogP contribution in [0.4, 0.5) is 5.82 Å². The molecule has 2 amide bonds. The molecule has 90 valence electrons. The number of amides is 2. The van der Waals surface area contributed by atoms with E-state index in [1.54, 1.807) is 13.8 Å². The number of carbonyl (C=O) groups is 2. The van der Waals surface area contributed by atoms with Gasteiger partial charge in [-0.15, -0.1) is 0 Å². The number of hydrogen-bond donors (Lipinski definition) is 1. The number of pyridine rings is 1. The number of nitrogens with one attached hydrogen (secondary N) is 1. The van der Waals surface area contributed by atoms with E-state index in [1.165, 1.54) is 6.07 Å². The SMILES string of the molecule is CC(C)C(=O)NC(=O)c1ccnc([N+](=O)[O-])c1. The third-order valence-corrected chi connectivity index (χ3v) is 1.96. The third-order valence-electron chi connectivity index (χ3n) is 1.96. The van der Waals surface area contributed by atoms with Crippen molar-refractivity contribution in [1.29, 1.82) is 0 Å². The number of nitrogens with zero attached hydrogens (tertiary/aromatic N) is 2. The maximum atomic E-state index is 11.6. The minimum absolute atomic E-state index is 0.0284. The van der Waals surface area contributed by atoms with Crippen LogP contribution in [0.2, 0.25) is 0 Å². The van der Waals surface area contributed by atoms with Gasteiger partial charge in [0, 0.05) is 12.0 Å². The Hall–Kier alpha value is -2.31. The molecular weight excluding hydrogens is 226 g/mol. The number of imide groups is 1. The lowest BCUT2D eigenvalue weighted by Crippen LogP contribution is -2.33. The summed E-state index contributed by atoms with van der Waals surface area (Å²) in [5.41, 5.74) is 0.0284. The van der Waals surface area contributed by atoms with Gasteiger partial charge in [-0.05, 0) is 16.0 Å². The molecule has 0 saturated heterocycles. The molecule has 0 aliphatic carbocycles. The fourth-order valence-corrected chi connectivity index (χ4v) is 0.988. The Morgan fingerprint density at radius 1 is 1.47 bits per heavy atom. The van der Waals surface area contributed by atoms with E-state index in [0.29, 0.717) is 0 Å². The third kappa shape index (κ3) is 3.33. The minimum Gasteiger partial charge on any atom is -0.358 e. The summed E-state index contributed by atoms with van der Waals surface area (Å²) in [4.78, 5) is 36.0. The van der Waals surface area contributed by atoms with Crippen molar-refractivity contribution >= 4 is 17.6 Å². The van der Waals surface area contributed by atoms with Crippen molar-refractivity contribution in [2.45, 2.75) is 13.8 Å². The highest BCUT2D eigenvalue weighted by atomic mass is 16.6. The van der Waals surface area contributed by atoms with Crippen molar-refractivity contribution in [1.82, 2.24) is 10.3 Å². The predicted octanol–water partition coefficient (Wildman–Crippen LogP) is 0.902. The molecule has 0 fully saturated rings. The molecule has 0 radical (unpaired) electrons. The normalized spacial score (nSPS) is 10.1. The molecule has 1 rings (SSSR count). The Morgan fingerprint density at radius 3 is 2.65 bits per heavy atom. The molecule has 1 aromatic rings. The van der Waals surface area contributed by atoms with E-state index >= 15 is 0 Å². The predicted molar refractivity (Wildman–Crippen MR) is 58.2 cm³/mol. The number of carbonyl (C=O) groups excluding carboxylic acids is 2. The molecule has 0 atom stereocenters. The van der Waals surface area contributed by atoms with E-state index in [-0.39, 0.29) is 11.5 Å². The summed E-state index contributed by atoms with van der Waals surface area (Å²) in [6, 6.07) is 2.32. The van der Waals surface area contributed by atoms with Crippen LogP contribution in [0.5, 0.6) is 0 Å². The Morgan fingerprint density at radius 2 is 2.12 bits per heavy atom. The number of nitro groups is 1. The van der Waals surface area contributed by atoms with Crippen molar-refractivity contribution < 1.29 is 14.5 Å². The Kier molecular flexibility index (Phi) is 3.86. The van der Waals surface area contributed by atoms with Crippen LogP contribution in [-0.2, 0) is 4.79 Å². The van der Waals surface area contributed by atoms with Gasteiger partial charge in [-0.3, -0.25) is 14.9 Å². The van der Waals surface area contributed by atoms with Gasteiger partial charge in [0.2, 0.25) is 5.91 Å². The van der Waals surface area contributed by atoms with E-state index in [4.69, 9.17) is 0 Å². The van der Waals surface area contributed by atoms with E-state index in [9.17, 15) is 19.7 Å². The molecule has 1 N–H and O–H groups in total. The average molecular weight is 237 g/mol. The zero-order valence-electron chi connectivity index (χ0n) is 9.34. The molecule has 0 aliphatic rings. The van der Waals surface area contributed by atoms with Crippen LogP contribution in [0.15, 0.2) is 18.3 Å². The second kappa shape index (κ2) is 5.15. The molecule has 7 heteroatoms. The van der Waals surface area contributed by atoms with Crippen LogP contribution in [0.1, 0.15) is 24.2 Å². The Labute approximate surface area is 97.0 Å². The lowest BCUT2D eigenvalue weighted by atomic mass is 10.2. The van der Waals surface area contributed by atoms with E-state index in [0.717, 1.165) is 12.3 Å². The van der Waals surface area contributed by atoms with Crippen molar-refractivity contribution in [3.05, 3.63) is 34.0 Å². The first-order valence-electron chi connectivity index (χ1n) is 4.87. The molecule has 0 aromatic carbocycles. The average Bonchev–Trinajstić information content (AvgIpc) is 2.28. The standard InChI is InChI=1S/C10H11N3O4/c1-6(2)9(14)12-10(15)7-3-4-11-8(5-7)13(16)17/h3-6H,1-2H3,(H,12,14,15). The molecule has 17 heavy (non-hydrogen) atoms. The zero-order valence-corrected chi connectivity index (χ0v) is 9.34. The van der Waals surface area contributed by atoms with Crippen LogP contribution in [-0.4, -0.2) is 21.7 Å². The molecular formula is C10H11N3O4. The van der Waals surface area contributed by atoms with Gasteiger partial charge in [0.25, 0.3) is 5.91 Å². The quantitative estimate of drug-likeness (QED) is 0.621. The summed E-state index contributed by atoms with van der Waals surface area (Å²) in [6.45, 7) is 3.27. The molecule has 1 aromatic heterocycles. The summed E-state index contributed by atoms with van der Waals surface area (Å²) in [7, 11) is 0. The first kappa shape index (κ1) is 12.8. The number of hydrogen-bond acceptors (Lipinski definition) is 5. The lowest BCUT2D eigenvalue weighted by Gasteiger charge is -2.05. The van der Waals surface area contributed by atoms with Gasteiger partial charge in [0.05, 0.1) is 5.56 Å². The fourth-order valence-electron chi connectivity index (χ4n) is 0.988. The van der Waals surface area contributed by atoms with E-state index < -0.39 is 22.6 Å². The molecule has 0 saturated carbocycles. The number of rotatable bonds is 3. The second-order valence-corrected chi connectivity index (χ2v) is 3.63. The van der Waals surface area contributed by atoms with Crippen LogP contribution in [0, 0.1) is 16.0 Å². The Balaban J connectivity index is 2.86. The van der Waals surface area contributed by atoms with Gasteiger partial charge >= 0.3 is 5.82 Å². The van der Waals surface area contributed by atoms with Gasteiger partial charge < -0.3 is 10.1 Å². The molecule has 1 heterocycles. The molecule has 0 aliphatic heterocycles. The highest BCUT2D eigenvalue weighted by Gasteiger charge is 2.16. The maximum absolute atomic E-state index is 11.6. The van der Waals surface area contributed by atoms with Crippen LogP contribution in [0.3, 0.4) is 0 Å². The fraction of sp³-hybridized carbons (Fsp3) is 0.300. The first-order chi connectivity index (χ1) is 7.91. The van der Waals surface area contributed by atoms with Crippen LogP contribution >= 0.6 is 0 Å². The summed E-state index contributed by atoms with van der Waals surface area (Å²) >= 11 is 0. The minimum atomic E-state index is -0.707. The van der Waals surface area contributed by atoms with Gasteiger partial charge in [-0.1, -0.05) is 13.8 Å². The summed E-state index contributed by atoms with van der Waals surface area (Å²) < 4.78 is 0. The van der Waals surface area contributed by atoms with Gasteiger partial charge in [0.1, 0.15) is 6.20 Å². The maximum Gasteiger partial charge on any atom is 0.364 e. The zero-order chi connectivity index (χ0) is 13.0. The second-order valence-electron chi connectivity index (χ2n) is 3.63. The van der Waals surface area contributed by atoms with E-state index in [1.807, 2.05) is 0 Å². The van der Waals surface area contributed by atoms with Crippen molar-refractivity contribution in [3.63, 3.8) is 0 Å². The van der Waals surface area contributed by atoms with Gasteiger partial charge in [0.15, 0.2) is 0 Å². The van der Waals surface area contributed by atoms with Gasteiger partial charge in [-0.2, -0.15) is 0 Å². The van der Waals surface area contributed by atoms with Crippen LogP contribution in [0.25, 0.3) is 0 Å². The van der Waals surface area contributed by atoms with E-state index in [2.05, 4.69) is 10.3 Å². The van der Waals surface area contributed by atoms with Crippen molar-refractivity contribution in [2.24, 2.45) is 5.92 Å². The summed E-state index contributed by atoms with van der Waals surface area (Å²) in [6.07, 6.45) is 1.15. The summed E-state index contributed by atoms with van der Waals surface area (Å²) in [5.74, 6) is -1.88. The molecule has 0 bridgehead atoms. The smallest absolute Gasteiger partial charge is 0.358 e. The monoisotopic (exact) mass is 237 g/mol. The van der Waals surface area contributed by atoms with Crippen LogP contribution < -0.4 is 5.32 Å². The topological polar surface area (TPSA) is 102 Å². The molecule has 7 nitrogen and oxygen atoms in total. The highest BCUT2D eigenvalue weighted by Crippen LogP contribution is 2.09. The lowest BCUT2D eigenvalue weighted by molar-refractivity contribution is -0.389. The largest absolute Gasteiger partial charge is 0.364 e. The highest BCUT2D eigenvalue weighted by molar-refractivity contribution is 6.05.